The zero-order valence-electron chi connectivity index (χ0n) is 11.4. The number of pyridine rings is 1. The Morgan fingerprint density at radius 3 is 2.26 bits per heavy atom. The maximum atomic E-state index is 5.97. The molecule has 1 aromatic carbocycles. The Balaban J connectivity index is 2.28. The fraction of sp³-hybridized carbons (Fsp3) is 0.188. The van der Waals surface area contributed by atoms with Crippen molar-refractivity contribution in [1.29, 1.82) is 0 Å². The molecular weight excluding hydrogens is 234 g/mol. The van der Waals surface area contributed by atoms with Crippen LogP contribution in [0, 0.1) is 20.8 Å². The first-order chi connectivity index (χ1) is 9.08. The van der Waals surface area contributed by atoms with E-state index in [-0.39, 0.29) is 0 Å². The molecule has 0 fully saturated rings. The average molecular weight is 251 g/mol. The molecule has 0 aliphatic heterocycles. The van der Waals surface area contributed by atoms with E-state index in [2.05, 4.69) is 42.5 Å². The second-order valence-corrected chi connectivity index (χ2v) is 4.98. The minimum Gasteiger partial charge on any atom is -0.397 e. The third kappa shape index (κ3) is 1.78. The zero-order valence-corrected chi connectivity index (χ0v) is 11.4. The molecule has 0 radical (unpaired) electrons. The Bertz CT molecular complexity index is 752. The quantitative estimate of drug-likeness (QED) is 0.719. The van der Waals surface area contributed by atoms with Gasteiger partial charge in [0.15, 0.2) is 0 Å². The SMILES string of the molecule is Cc1ccc(-c2nc3ccc(N)c(C)n3c2C)cc1. The van der Waals surface area contributed by atoms with E-state index in [1.807, 2.05) is 19.1 Å². The van der Waals surface area contributed by atoms with Gasteiger partial charge in [0.05, 0.1) is 11.4 Å². The van der Waals surface area contributed by atoms with Gasteiger partial charge in [-0.25, -0.2) is 4.98 Å². The van der Waals surface area contributed by atoms with Gasteiger partial charge in [-0.3, -0.25) is 4.40 Å². The molecule has 0 atom stereocenters. The summed E-state index contributed by atoms with van der Waals surface area (Å²) in [7, 11) is 0. The van der Waals surface area contributed by atoms with Crippen molar-refractivity contribution < 1.29 is 0 Å². The largest absolute Gasteiger partial charge is 0.397 e. The van der Waals surface area contributed by atoms with Gasteiger partial charge in [0.25, 0.3) is 0 Å². The maximum absolute atomic E-state index is 5.97. The van der Waals surface area contributed by atoms with Gasteiger partial charge in [-0.2, -0.15) is 0 Å². The molecule has 0 amide bonds. The van der Waals surface area contributed by atoms with Gasteiger partial charge < -0.3 is 5.73 Å². The summed E-state index contributed by atoms with van der Waals surface area (Å²) in [5, 5.41) is 0. The van der Waals surface area contributed by atoms with E-state index in [9.17, 15) is 0 Å². The minimum absolute atomic E-state index is 0.795. The van der Waals surface area contributed by atoms with Crippen LogP contribution in [-0.2, 0) is 0 Å². The maximum Gasteiger partial charge on any atom is 0.138 e. The van der Waals surface area contributed by atoms with Gasteiger partial charge in [-0.05, 0) is 32.9 Å². The summed E-state index contributed by atoms with van der Waals surface area (Å²) in [6.45, 7) is 6.20. The number of hydrogen-bond donors (Lipinski definition) is 1. The highest BCUT2D eigenvalue weighted by Crippen LogP contribution is 2.26. The molecule has 3 aromatic rings. The van der Waals surface area contributed by atoms with Crippen LogP contribution < -0.4 is 5.73 Å². The van der Waals surface area contributed by atoms with Crippen LogP contribution >= 0.6 is 0 Å². The summed E-state index contributed by atoms with van der Waals surface area (Å²) in [4.78, 5) is 4.72. The van der Waals surface area contributed by atoms with E-state index in [0.29, 0.717) is 0 Å². The lowest BCUT2D eigenvalue weighted by Gasteiger charge is -2.05. The highest BCUT2D eigenvalue weighted by atomic mass is 15.0. The van der Waals surface area contributed by atoms with Crippen LogP contribution in [-0.4, -0.2) is 9.38 Å². The van der Waals surface area contributed by atoms with Gasteiger partial charge in [0.2, 0.25) is 0 Å². The molecular formula is C16H17N3. The second kappa shape index (κ2) is 4.12. The molecule has 2 aromatic heterocycles. The van der Waals surface area contributed by atoms with Gasteiger partial charge in [0.1, 0.15) is 5.65 Å². The predicted octanol–water partition coefficient (Wildman–Crippen LogP) is 3.51. The number of nitrogen functional groups attached to an aromatic ring is 1. The van der Waals surface area contributed by atoms with Gasteiger partial charge in [-0.1, -0.05) is 29.8 Å². The molecule has 3 nitrogen and oxygen atoms in total. The Morgan fingerprint density at radius 1 is 0.895 bits per heavy atom. The molecule has 3 rings (SSSR count). The second-order valence-electron chi connectivity index (χ2n) is 4.98. The molecule has 0 aliphatic carbocycles. The van der Waals surface area contributed by atoms with Crippen LogP contribution in [0.25, 0.3) is 16.9 Å². The number of nitrogens with two attached hydrogens (primary N) is 1. The van der Waals surface area contributed by atoms with Crippen molar-refractivity contribution in [3.05, 3.63) is 53.3 Å². The lowest BCUT2D eigenvalue weighted by Crippen LogP contribution is -1.99. The number of aromatic nitrogens is 2. The van der Waals surface area contributed by atoms with Crippen molar-refractivity contribution in [2.45, 2.75) is 20.8 Å². The Kier molecular flexibility index (Phi) is 2.56. The van der Waals surface area contributed by atoms with E-state index in [1.165, 1.54) is 5.56 Å². The first kappa shape index (κ1) is 11.8. The molecule has 0 saturated heterocycles. The summed E-state index contributed by atoms with van der Waals surface area (Å²) in [6, 6.07) is 12.3. The van der Waals surface area contributed by atoms with Crippen LogP contribution in [0.2, 0.25) is 0 Å². The number of hydrogen-bond acceptors (Lipinski definition) is 2. The summed E-state index contributed by atoms with van der Waals surface area (Å²) in [6.07, 6.45) is 0. The van der Waals surface area contributed by atoms with Crippen molar-refractivity contribution in [2.24, 2.45) is 0 Å². The minimum atomic E-state index is 0.795. The first-order valence-corrected chi connectivity index (χ1v) is 6.39. The van der Waals surface area contributed by atoms with E-state index in [0.717, 1.165) is 34.0 Å². The molecule has 0 unspecified atom stereocenters. The molecule has 0 aliphatic rings. The van der Waals surface area contributed by atoms with Crippen molar-refractivity contribution >= 4 is 11.3 Å². The van der Waals surface area contributed by atoms with E-state index in [4.69, 9.17) is 10.7 Å². The molecule has 2 heterocycles. The summed E-state index contributed by atoms with van der Waals surface area (Å²) >= 11 is 0. The lowest BCUT2D eigenvalue weighted by atomic mass is 10.1. The Labute approximate surface area is 112 Å². The number of imidazole rings is 1. The normalized spacial score (nSPS) is 11.1. The third-order valence-electron chi connectivity index (χ3n) is 3.62. The van der Waals surface area contributed by atoms with Gasteiger partial charge >= 0.3 is 0 Å². The van der Waals surface area contributed by atoms with Gasteiger partial charge in [-0.15, -0.1) is 0 Å². The van der Waals surface area contributed by atoms with Crippen LogP contribution in [0.5, 0.6) is 0 Å². The number of rotatable bonds is 1. The van der Waals surface area contributed by atoms with Crippen LogP contribution in [0.1, 0.15) is 17.0 Å². The molecule has 3 heteroatoms. The average Bonchev–Trinajstić information content (AvgIpc) is 2.73. The summed E-state index contributed by atoms with van der Waals surface area (Å²) < 4.78 is 2.12. The number of benzene rings is 1. The van der Waals surface area contributed by atoms with Crippen LogP contribution in [0.4, 0.5) is 5.69 Å². The third-order valence-corrected chi connectivity index (χ3v) is 3.62. The van der Waals surface area contributed by atoms with Crippen molar-refractivity contribution in [3.8, 4) is 11.3 Å². The lowest BCUT2D eigenvalue weighted by molar-refractivity contribution is 1.04. The van der Waals surface area contributed by atoms with Crippen LogP contribution in [0.3, 0.4) is 0 Å². The van der Waals surface area contributed by atoms with Crippen LogP contribution in [0.15, 0.2) is 36.4 Å². The molecule has 0 spiro atoms. The fourth-order valence-corrected chi connectivity index (χ4v) is 2.46. The Hall–Kier alpha value is -2.29. The van der Waals surface area contributed by atoms with E-state index >= 15 is 0 Å². The summed E-state index contributed by atoms with van der Waals surface area (Å²) in [5.74, 6) is 0. The number of nitrogens with zero attached hydrogens (tertiary/aromatic N) is 2. The molecule has 19 heavy (non-hydrogen) atoms. The summed E-state index contributed by atoms with van der Waals surface area (Å²) in [5.41, 5.74) is 13.3. The number of anilines is 1. The highest BCUT2D eigenvalue weighted by molar-refractivity contribution is 5.68. The van der Waals surface area contributed by atoms with E-state index < -0.39 is 0 Å². The number of fused-ring (bicyclic) bond motifs is 1. The molecule has 0 saturated carbocycles. The fourth-order valence-electron chi connectivity index (χ4n) is 2.46. The monoisotopic (exact) mass is 251 g/mol. The topological polar surface area (TPSA) is 43.3 Å². The standard InChI is InChI=1S/C16H17N3/c1-10-4-6-13(7-5-10)16-12(3)19-11(2)14(17)8-9-15(19)18-16/h4-9H,17H2,1-3H3. The van der Waals surface area contributed by atoms with Crippen molar-refractivity contribution in [1.82, 2.24) is 9.38 Å². The highest BCUT2D eigenvalue weighted by Gasteiger charge is 2.12. The Morgan fingerprint density at radius 2 is 1.58 bits per heavy atom. The number of aryl methyl sites for hydroxylation is 3. The van der Waals surface area contributed by atoms with Crippen molar-refractivity contribution in [3.63, 3.8) is 0 Å². The smallest absolute Gasteiger partial charge is 0.138 e. The van der Waals surface area contributed by atoms with Gasteiger partial charge in [0, 0.05) is 17.0 Å². The molecule has 96 valence electrons. The molecule has 0 bridgehead atoms. The molecule has 2 N–H and O–H groups in total. The van der Waals surface area contributed by atoms with Crippen molar-refractivity contribution in [2.75, 3.05) is 5.73 Å². The first-order valence-electron chi connectivity index (χ1n) is 6.39. The van der Waals surface area contributed by atoms with E-state index in [1.54, 1.807) is 0 Å². The predicted molar refractivity (Wildman–Crippen MR) is 79.3 cm³/mol. The zero-order chi connectivity index (χ0) is 13.6.